The van der Waals surface area contributed by atoms with Gasteiger partial charge in [-0.25, -0.2) is 4.98 Å². The van der Waals surface area contributed by atoms with Gasteiger partial charge >= 0.3 is 0 Å². The van der Waals surface area contributed by atoms with E-state index < -0.39 is 0 Å². The molecule has 0 radical (unpaired) electrons. The van der Waals surface area contributed by atoms with E-state index in [0.29, 0.717) is 27.8 Å². The van der Waals surface area contributed by atoms with Crippen LogP contribution in [-0.2, 0) is 7.05 Å². The minimum atomic E-state index is -0.298. The molecule has 0 unspecified atom stereocenters. The number of aromatic nitrogens is 3. The Hall–Kier alpha value is -3.52. The van der Waals surface area contributed by atoms with Gasteiger partial charge < -0.3 is 10.6 Å². The third kappa shape index (κ3) is 3.70. The Morgan fingerprint density at radius 1 is 1.10 bits per heavy atom. The molecule has 0 saturated heterocycles. The Morgan fingerprint density at radius 2 is 1.90 bits per heavy atom. The van der Waals surface area contributed by atoms with Gasteiger partial charge in [0.25, 0.3) is 11.8 Å². The molecule has 2 N–H and O–H groups in total. The Balaban J connectivity index is 1.55. The van der Waals surface area contributed by atoms with Crippen molar-refractivity contribution in [1.82, 2.24) is 20.1 Å². The van der Waals surface area contributed by atoms with Crippen LogP contribution in [0.4, 0.5) is 5.69 Å². The van der Waals surface area contributed by atoms with Crippen molar-refractivity contribution in [2.45, 2.75) is 25.8 Å². The second kappa shape index (κ2) is 7.63. The summed E-state index contributed by atoms with van der Waals surface area (Å²) >= 11 is 1.56. The van der Waals surface area contributed by atoms with Crippen molar-refractivity contribution in [2.24, 2.45) is 7.05 Å². The van der Waals surface area contributed by atoms with Gasteiger partial charge in [-0.3, -0.25) is 14.3 Å². The summed E-state index contributed by atoms with van der Waals surface area (Å²) < 4.78 is 1.69. The monoisotopic (exact) mass is 431 g/mol. The second-order valence-corrected chi connectivity index (χ2v) is 8.64. The molecule has 3 heterocycles. The summed E-state index contributed by atoms with van der Waals surface area (Å²) in [5, 5.41) is 13.1. The Morgan fingerprint density at radius 3 is 2.65 bits per heavy atom. The number of fused-ring (bicyclic) bond motifs is 1. The number of carbonyl (C=O) groups excluding carboxylic acids is 2. The van der Waals surface area contributed by atoms with Crippen LogP contribution in [0.3, 0.4) is 0 Å². The first kappa shape index (κ1) is 19.4. The van der Waals surface area contributed by atoms with Crippen LogP contribution >= 0.6 is 11.3 Å². The minimum absolute atomic E-state index is 0.171. The number of hydrogen-bond donors (Lipinski definition) is 2. The van der Waals surface area contributed by atoms with E-state index in [4.69, 9.17) is 4.98 Å². The van der Waals surface area contributed by atoms with E-state index in [-0.39, 0.29) is 17.9 Å². The first-order valence-corrected chi connectivity index (χ1v) is 11.0. The fraction of sp³-hybridized carbons (Fsp3) is 0.217. The predicted molar refractivity (Wildman–Crippen MR) is 121 cm³/mol. The van der Waals surface area contributed by atoms with Gasteiger partial charge in [0, 0.05) is 13.1 Å². The lowest BCUT2D eigenvalue weighted by Gasteiger charge is -2.12. The highest BCUT2D eigenvalue weighted by atomic mass is 32.1. The first-order valence-electron chi connectivity index (χ1n) is 10.1. The van der Waals surface area contributed by atoms with Crippen LogP contribution < -0.4 is 10.6 Å². The molecule has 0 bridgehead atoms. The molecule has 8 heteroatoms. The summed E-state index contributed by atoms with van der Waals surface area (Å²) in [4.78, 5) is 31.8. The van der Waals surface area contributed by atoms with Crippen molar-refractivity contribution in [3.05, 3.63) is 64.7 Å². The number of nitrogens with zero attached hydrogens (tertiary/aromatic N) is 3. The van der Waals surface area contributed by atoms with Gasteiger partial charge in [-0.05, 0) is 49.4 Å². The smallest absolute Gasteiger partial charge is 0.256 e. The fourth-order valence-electron chi connectivity index (χ4n) is 3.65. The number of para-hydroxylation sites is 1. The molecule has 1 aliphatic carbocycles. The van der Waals surface area contributed by atoms with Crippen molar-refractivity contribution >= 4 is 39.9 Å². The summed E-state index contributed by atoms with van der Waals surface area (Å²) in [6.07, 6.45) is 2.00. The molecule has 7 nitrogen and oxygen atoms in total. The number of rotatable bonds is 5. The van der Waals surface area contributed by atoms with Crippen molar-refractivity contribution < 1.29 is 9.59 Å². The van der Waals surface area contributed by atoms with E-state index in [1.165, 1.54) is 0 Å². The molecule has 4 aromatic rings. The Bertz CT molecular complexity index is 1310. The molecule has 5 rings (SSSR count). The minimum Gasteiger partial charge on any atom is -0.349 e. The van der Waals surface area contributed by atoms with Crippen molar-refractivity contribution in [1.29, 1.82) is 0 Å². The largest absolute Gasteiger partial charge is 0.349 e. The van der Waals surface area contributed by atoms with Crippen molar-refractivity contribution in [3.63, 3.8) is 0 Å². The molecule has 0 atom stereocenters. The van der Waals surface area contributed by atoms with E-state index in [9.17, 15) is 9.59 Å². The van der Waals surface area contributed by atoms with Gasteiger partial charge in [-0.1, -0.05) is 18.2 Å². The summed E-state index contributed by atoms with van der Waals surface area (Å²) in [5.41, 5.74) is 3.51. The number of aryl methyl sites for hydroxylation is 2. The predicted octanol–water partition coefficient (Wildman–Crippen LogP) is 4.15. The van der Waals surface area contributed by atoms with E-state index in [1.807, 2.05) is 31.5 Å². The number of anilines is 1. The van der Waals surface area contributed by atoms with Gasteiger partial charge in [0.1, 0.15) is 0 Å². The van der Waals surface area contributed by atoms with Crippen LogP contribution in [0.15, 0.2) is 47.8 Å². The van der Waals surface area contributed by atoms with E-state index in [1.54, 1.807) is 46.4 Å². The first-order chi connectivity index (χ1) is 15.0. The quantitative estimate of drug-likeness (QED) is 0.497. The molecule has 0 aliphatic heterocycles. The zero-order chi connectivity index (χ0) is 21.5. The molecule has 1 fully saturated rings. The summed E-state index contributed by atoms with van der Waals surface area (Å²) in [5.74, 6) is -0.469. The fourth-order valence-corrected chi connectivity index (χ4v) is 4.33. The van der Waals surface area contributed by atoms with Crippen LogP contribution in [0, 0.1) is 6.92 Å². The molecule has 1 saturated carbocycles. The topological polar surface area (TPSA) is 88.9 Å². The van der Waals surface area contributed by atoms with Crippen LogP contribution in [0.2, 0.25) is 0 Å². The SMILES string of the molecule is Cc1nn(C)c2nc(-c3cccs3)cc(C(=O)Nc3ccccc3C(=O)NC3CC3)c12. The number of hydrogen-bond acceptors (Lipinski definition) is 5. The second-order valence-electron chi connectivity index (χ2n) is 7.69. The lowest BCUT2D eigenvalue weighted by Crippen LogP contribution is -2.27. The highest BCUT2D eigenvalue weighted by Crippen LogP contribution is 2.30. The normalized spacial score (nSPS) is 13.4. The molecule has 2 amide bonds. The maximum absolute atomic E-state index is 13.4. The van der Waals surface area contributed by atoms with Crippen LogP contribution in [0.25, 0.3) is 21.6 Å². The van der Waals surface area contributed by atoms with Gasteiger partial charge in [0.05, 0.1) is 38.5 Å². The van der Waals surface area contributed by atoms with Crippen LogP contribution in [0.1, 0.15) is 39.3 Å². The summed E-state index contributed by atoms with van der Waals surface area (Å²) in [6, 6.07) is 13.0. The summed E-state index contributed by atoms with van der Waals surface area (Å²) in [7, 11) is 1.82. The van der Waals surface area contributed by atoms with Crippen molar-refractivity contribution in [3.8, 4) is 10.6 Å². The zero-order valence-electron chi connectivity index (χ0n) is 17.2. The molecule has 3 aromatic heterocycles. The molecule has 1 aliphatic rings. The third-order valence-corrected chi connectivity index (χ3v) is 6.21. The van der Waals surface area contributed by atoms with Gasteiger partial charge in [-0.2, -0.15) is 5.10 Å². The maximum Gasteiger partial charge on any atom is 0.256 e. The Kier molecular flexibility index (Phi) is 4.78. The molecule has 0 spiro atoms. The van der Waals surface area contributed by atoms with Gasteiger partial charge in [0.15, 0.2) is 5.65 Å². The number of amides is 2. The Labute approximate surface area is 183 Å². The lowest BCUT2D eigenvalue weighted by atomic mass is 10.1. The van der Waals surface area contributed by atoms with E-state index >= 15 is 0 Å². The zero-order valence-corrected chi connectivity index (χ0v) is 18.0. The molecule has 156 valence electrons. The number of nitrogens with one attached hydrogen (secondary N) is 2. The highest BCUT2D eigenvalue weighted by Gasteiger charge is 2.26. The lowest BCUT2D eigenvalue weighted by molar-refractivity contribution is 0.0952. The number of thiophene rings is 1. The average molecular weight is 432 g/mol. The van der Waals surface area contributed by atoms with Crippen LogP contribution in [-0.4, -0.2) is 32.6 Å². The van der Waals surface area contributed by atoms with Crippen molar-refractivity contribution in [2.75, 3.05) is 5.32 Å². The van der Waals surface area contributed by atoms with E-state index in [0.717, 1.165) is 29.1 Å². The maximum atomic E-state index is 13.4. The molecular weight excluding hydrogens is 410 g/mol. The third-order valence-electron chi connectivity index (χ3n) is 5.32. The standard InChI is InChI=1S/C23H21N5O2S/c1-13-20-16(12-18(19-8-5-11-31-19)25-21(20)28(2)27-13)23(30)26-17-7-4-3-6-15(17)22(29)24-14-9-10-14/h3-8,11-12,14H,9-10H2,1-2H3,(H,24,29)(H,26,30). The number of pyridine rings is 1. The van der Waals surface area contributed by atoms with Gasteiger partial charge in [-0.15, -0.1) is 11.3 Å². The molecular formula is C23H21N5O2S. The summed E-state index contributed by atoms with van der Waals surface area (Å²) in [6.45, 7) is 1.86. The molecule has 1 aromatic carbocycles. The average Bonchev–Trinajstić information content (AvgIpc) is 3.30. The molecule has 31 heavy (non-hydrogen) atoms. The highest BCUT2D eigenvalue weighted by molar-refractivity contribution is 7.13. The van der Waals surface area contributed by atoms with E-state index in [2.05, 4.69) is 15.7 Å². The van der Waals surface area contributed by atoms with Crippen LogP contribution in [0.5, 0.6) is 0 Å². The van der Waals surface area contributed by atoms with Gasteiger partial charge in [0.2, 0.25) is 0 Å². The number of carbonyl (C=O) groups is 2. The number of benzene rings is 1.